The Morgan fingerprint density at radius 1 is 1.25 bits per heavy atom. The van der Waals surface area contributed by atoms with Gasteiger partial charge in [-0.1, -0.05) is 12.1 Å². The van der Waals surface area contributed by atoms with E-state index in [1.807, 2.05) is 43.5 Å². The summed E-state index contributed by atoms with van der Waals surface area (Å²) in [7, 11) is 0. The second-order valence-corrected chi connectivity index (χ2v) is 5.11. The van der Waals surface area contributed by atoms with Crippen LogP contribution in [0, 0.1) is 0 Å². The van der Waals surface area contributed by atoms with E-state index in [0.717, 1.165) is 11.3 Å². The average Bonchev–Trinajstić information content (AvgIpc) is 3.06. The monoisotopic (exact) mass is 339 g/mol. The largest absolute Gasteiger partial charge is 0.390 e. The highest BCUT2D eigenvalue weighted by Crippen LogP contribution is 2.18. The molecule has 0 saturated heterocycles. The summed E-state index contributed by atoms with van der Waals surface area (Å²) >= 11 is 0. The van der Waals surface area contributed by atoms with Gasteiger partial charge in [-0.15, -0.1) is 0 Å². The molecule has 0 saturated carbocycles. The number of benzene rings is 1. The molecule has 2 rings (SSSR count). The number of nitrogens with one attached hydrogen (secondary N) is 2. The van der Waals surface area contributed by atoms with Crippen molar-refractivity contribution in [2.75, 3.05) is 13.1 Å². The Bertz CT molecular complexity index is 650. The van der Waals surface area contributed by atoms with Crippen molar-refractivity contribution < 1.29 is 13.2 Å². The van der Waals surface area contributed by atoms with Crippen LogP contribution in [0.4, 0.5) is 13.2 Å². The molecule has 8 heteroatoms. The first kappa shape index (κ1) is 17.8. The maximum Gasteiger partial charge on any atom is 0.390 e. The van der Waals surface area contributed by atoms with Crippen LogP contribution in [0.3, 0.4) is 0 Å². The van der Waals surface area contributed by atoms with E-state index >= 15 is 0 Å². The molecular weight excluding hydrogens is 319 g/mol. The van der Waals surface area contributed by atoms with Gasteiger partial charge in [0.2, 0.25) is 0 Å². The molecule has 130 valence electrons. The molecular formula is C16H20F3N5. The smallest absolute Gasteiger partial charge is 0.357 e. The number of guanidine groups is 1. The van der Waals surface area contributed by atoms with Gasteiger partial charge < -0.3 is 10.6 Å². The average molecular weight is 339 g/mol. The molecule has 2 aromatic rings. The van der Waals surface area contributed by atoms with Crippen molar-refractivity contribution in [2.45, 2.75) is 26.1 Å². The van der Waals surface area contributed by atoms with E-state index < -0.39 is 12.6 Å². The van der Waals surface area contributed by atoms with E-state index in [1.165, 1.54) is 0 Å². The second-order valence-electron chi connectivity index (χ2n) is 5.11. The molecule has 1 heterocycles. The van der Waals surface area contributed by atoms with Gasteiger partial charge in [-0.3, -0.25) is 0 Å². The lowest BCUT2D eigenvalue weighted by Gasteiger charge is -2.12. The SMILES string of the molecule is CCNC(=NCc1cccc(-n2cccn2)c1)NCCC(F)(F)F. The maximum atomic E-state index is 12.2. The zero-order chi connectivity index (χ0) is 17.4. The van der Waals surface area contributed by atoms with E-state index in [2.05, 4.69) is 20.7 Å². The predicted octanol–water partition coefficient (Wildman–Crippen LogP) is 2.88. The van der Waals surface area contributed by atoms with E-state index in [9.17, 15) is 13.2 Å². The number of rotatable bonds is 6. The zero-order valence-corrected chi connectivity index (χ0v) is 13.3. The van der Waals surface area contributed by atoms with Gasteiger partial charge in [0.1, 0.15) is 0 Å². The highest BCUT2D eigenvalue weighted by Gasteiger charge is 2.26. The van der Waals surface area contributed by atoms with Gasteiger partial charge in [-0.25, -0.2) is 9.67 Å². The summed E-state index contributed by atoms with van der Waals surface area (Å²) in [6, 6.07) is 9.50. The lowest BCUT2D eigenvalue weighted by molar-refractivity contribution is -0.132. The molecule has 0 amide bonds. The van der Waals surface area contributed by atoms with Crippen molar-refractivity contribution in [1.29, 1.82) is 0 Å². The molecule has 0 spiro atoms. The first-order valence-corrected chi connectivity index (χ1v) is 7.66. The number of alkyl halides is 3. The number of halogens is 3. The molecule has 0 atom stereocenters. The highest BCUT2D eigenvalue weighted by atomic mass is 19.4. The molecule has 0 radical (unpaired) electrons. The van der Waals surface area contributed by atoms with Crippen LogP contribution < -0.4 is 10.6 Å². The minimum Gasteiger partial charge on any atom is -0.357 e. The van der Waals surface area contributed by atoms with E-state index in [1.54, 1.807) is 10.9 Å². The third-order valence-electron chi connectivity index (χ3n) is 3.14. The Kier molecular flexibility index (Phi) is 6.22. The van der Waals surface area contributed by atoms with Crippen molar-refractivity contribution in [1.82, 2.24) is 20.4 Å². The van der Waals surface area contributed by atoms with Crippen LogP contribution in [0.25, 0.3) is 5.69 Å². The summed E-state index contributed by atoms with van der Waals surface area (Å²) in [5.41, 5.74) is 1.85. The Labute approximate surface area is 138 Å². The maximum absolute atomic E-state index is 12.2. The Hall–Kier alpha value is -2.51. The van der Waals surface area contributed by atoms with E-state index in [4.69, 9.17) is 0 Å². The highest BCUT2D eigenvalue weighted by molar-refractivity contribution is 5.79. The summed E-state index contributed by atoms with van der Waals surface area (Å²) in [6.45, 7) is 2.59. The third kappa shape index (κ3) is 5.94. The van der Waals surface area contributed by atoms with Gasteiger partial charge in [0, 0.05) is 25.5 Å². The summed E-state index contributed by atoms with van der Waals surface area (Å²) in [6.07, 6.45) is -1.54. The Morgan fingerprint density at radius 3 is 2.75 bits per heavy atom. The van der Waals surface area contributed by atoms with Gasteiger partial charge in [0.25, 0.3) is 0 Å². The number of nitrogens with zero attached hydrogens (tertiary/aromatic N) is 3. The molecule has 0 unspecified atom stereocenters. The fraction of sp³-hybridized carbons (Fsp3) is 0.375. The summed E-state index contributed by atoms with van der Waals surface area (Å²) in [5.74, 6) is 0.367. The van der Waals surface area contributed by atoms with E-state index in [0.29, 0.717) is 19.0 Å². The summed E-state index contributed by atoms with van der Waals surface area (Å²) in [4.78, 5) is 4.32. The number of aliphatic imine (C=N–C) groups is 1. The molecule has 5 nitrogen and oxygen atoms in total. The molecule has 0 fully saturated rings. The van der Waals surface area contributed by atoms with Gasteiger partial charge in [0.05, 0.1) is 18.7 Å². The fourth-order valence-corrected chi connectivity index (χ4v) is 2.05. The van der Waals surface area contributed by atoms with Gasteiger partial charge in [0.15, 0.2) is 5.96 Å². The van der Waals surface area contributed by atoms with Crippen LogP contribution in [0.15, 0.2) is 47.7 Å². The normalized spacial score (nSPS) is 12.2. The summed E-state index contributed by atoms with van der Waals surface area (Å²) < 4.78 is 38.4. The number of hydrogen-bond donors (Lipinski definition) is 2. The predicted molar refractivity (Wildman–Crippen MR) is 87.1 cm³/mol. The van der Waals surface area contributed by atoms with Crippen LogP contribution in [0.5, 0.6) is 0 Å². The quantitative estimate of drug-likeness (QED) is 0.628. The molecule has 0 aliphatic carbocycles. The minimum absolute atomic E-state index is 0.206. The third-order valence-corrected chi connectivity index (χ3v) is 3.14. The lowest BCUT2D eigenvalue weighted by atomic mass is 10.2. The topological polar surface area (TPSA) is 54.2 Å². The van der Waals surface area contributed by atoms with Gasteiger partial charge >= 0.3 is 6.18 Å². The van der Waals surface area contributed by atoms with Crippen molar-refractivity contribution >= 4 is 5.96 Å². The molecule has 0 bridgehead atoms. The lowest BCUT2D eigenvalue weighted by Crippen LogP contribution is -2.38. The van der Waals surface area contributed by atoms with Crippen molar-refractivity contribution in [3.05, 3.63) is 48.3 Å². The van der Waals surface area contributed by atoms with Gasteiger partial charge in [-0.2, -0.15) is 18.3 Å². The number of aromatic nitrogens is 2. The van der Waals surface area contributed by atoms with Crippen LogP contribution >= 0.6 is 0 Å². The van der Waals surface area contributed by atoms with E-state index in [-0.39, 0.29) is 6.54 Å². The van der Waals surface area contributed by atoms with Crippen molar-refractivity contribution in [3.8, 4) is 5.69 Å². The minimum atomic E-state index is -4.18. The number of hydrogen-bond acceptors (Lipinski definition) is 2. The molecule has 24 heavy (non-hydrogen) atoms. The van der Waals surface area contributed by atoms with Crippen LogP contribution in [0.1, 0.15) is 18.9 Å². The van der Waals surface area contributed by atoms with Crippen LogP contribution in [-0.4, -0.2) is 35.0 Å². The van der Waals surface area contributed by atoms with Gasteiger partial charge in [-0.05, 0) is 30.7 Å². The van der Waals surface area contributed by atoms with Crippen molar-refractivity contribution in [3.63, 3.8) is 0 Å². The molecule has 0 aliphatic rings. The first-order valence-electron chi connectivity index (χ1n) is 7.66. The first-order chi connectivity index (χ1) is 11.5. The second kappa shape index (κ2) is 8.37. The Morgan fingerprint density at radius 2 is 2.08 bits per heavy atom. The Balaban J connectivity index is 1.99. The molecule has 0 aliphatic heterocycles. The van der Waals surface area contributed by atoms with Crippen LogP contribution in [-0.2, 0) is 6.54 Å². The summed E-state index contributed by atoms with van der Waals surface area (Å²) in [5, 5.41) is 9.79. The molecule has 1 aromatic carbocycles. The van der Waals surface area contributed by atoms with Crippen LogP contribution in [0.2, 0.25) is 0 Å². The zero-order valence-electron chi connectivity index (χ0n) is 13.3. The molecule has 1 aromatic heterocycles. The standard InChI is InChI=1S/C16H20F3N5/c1-2-20-15(21-9-7-16(17,18)19)22-12-13-5-3-6-14(11-13)24-10-4-8-23-24/h3-6,8,10-11H,2,7,9,12H2,1H3,(H2,20,21,22). The fourth-order valence-electron chi connectivity index (χ4n) is 2.05. The molecule has 2 N–H and O–H groups in total. The van der Waals surface area contributed by atoms with Crippen molar-refractivity contribution in [2.24, 2.45) is 4.99 Å².